The Balaban J connectivity index is 2.48. The summed E-state index contributed by atoms with van der Waals surface area (Å²) in [6.45, 7) is 8.61. The zero-order valence-electron chi connectivity index (χ0n) is 11.0. The van der Waals surface area contributed by atoms with E-state index in [1.165, 1.54) is 5.57 Å². The quantitative estimate of drug-likeness (QED) is 0.535. The average Bonchev–Trinajstić information content (AvgIpc) is 2.18. The fraction of sp³-hybridized carbons (Fsp3) is 0.786. The molecular formula is C14H24O2. The van der Waals surface area contributed by atoms with Crippen molar-refractivity contribution in [2.45, 2.75) is 65.9 Å². The molecule has 0 fully saturated rings. The Morgan fingerprint density at radius 1 is 1.56 bits per heavy atom. The zero-order valence-corrected chi connectivity index (χ0v) is 11.0. The number of hydrogen-bond acceptors (Lipinski definition) is 2. The van der Waals surface area contributed by atoms with Gasteiger partial charge in [0, 0.05) is 6.42 Å². The zero-order chi connectivity index (χ0) is 12.2. The van der Waals surface area contributed by atoms with Crippen molar-refractivity contribution < 1.29 is 9.53 Å². The maximum Gasteiger partial charge on any atom is 0.306 e. The monoisotopic (exact) mass is 224 g/mol. The Kier molecular flexibility index (Phi) is 4.57. The summed E-state index contributed by atoms with van der Waals surface area (Å²) in [6.07, 6.45) is 6.86. The van der Waals surface area contributed by atoms with E-state index in [2.05, 4.69) is 33.8 Å². The van der Waals surface area contributed by atoms with Crippen LogP contribution in [0.1, 0.15) is 59.8 Å². The molecule has 0 bridgehead atoms. The van der Waals surface area contributed by atoms with E-state index in [1.54, 1.807) is 0 Å². The number of hydrogen-bond donors (Lipinski definition) is 0. The summed E-state index contributed by atoms with van der Waals surface area (Å²) in [5, 5.41) is 0. The second-order valence-corrected chi connectivity index (χ2v) is 5.50. The third-order valence-corrected chi connectivity index (χ3v) is 3.19. The van der Waals surface area contributed by atoms with Gasteiger partial charge in [0.2, 0.25) is 0 Å². The Hall–Kier alpha value is -0.790. The van der Waals surface area contributed by atoms with Crippen molar-refractivity contribution in [3.63, 3.8) is 0 Å². The lowest BCUT2D eigenvalue weighted by molar-refractivity contribution is -0.148. The van der Waals surface area contributed by atoms with Crippen LogP contribution in [0.2, 0.25) is 0 Å². The lowest BCUT2D eigenvalue weighted by atomic mass is 9.79. The van der Waals surface area contributed by atoms with Gasteiger partial charge in [0.05, 0.1) is 0 Å². The maximum atomic E-state index is 11.5. The second kappa shape index (κ2) is 5.51. The molecule has 92 valence electrons. The minimum absolute atomic E-state index is 0.0254. The van der Waals surface area contributed by atoms with Gasteiger partial charge in [0.1, 0.15) is 6.10 Å². The standard InChI is InChI=1S/C14H24O2/c1-5-6-7-13(15)16-12-8-9-14(3,4)10-11(12)2/h10,12H,5-9H2,1-4H3. The average molecular weight is 224 g/mol. The third kappa shape index (κ3) is 3.99. The molecule has 1 unspecified atom stereocenters. The first-order chi connectivity index (χ1) is 7.44. The van der Waals surface area contributed by atoms with Crippen molar-refractivity contribution in [3.05, 3.63) is 11.6 Å². The molecule has 0 saturated heterocycles. The molecule has 0 N–H and O–H groups in total. The van der Waals surface area contributed by atoms with Crippen molar-refractivity contribution in [2.24, 2.45) is 5.41 Å². The maximum absolute atomic E-state index is 11.5. The third-order valence-electron chi connectivity index (χ3n) is 3.19. The van der Waals surface area contributed by atoms with Gasteiger partial charge in [-0.1, -0.05) is 33.3 Å². The number of rotatable bonds is 4. The van der Waals surface area contributed by atoms with Crippen LogP contribution in [0.25, 0.3) is 0 Å². The van der Waals surface area contributed by atoms with Crippen LogP contribution in [0.4, 0.5) is 0 Å². The molecule has 1 atom stereocenters. The van der Waals surface area contributed by atoms with Gasteiger partial charge in [0.25, 0.3) is 0 Å². The molecule has 0 radical (unpaired) electrons. The highest BCUT2D eigenvalue weighted by molar-refractivity contribution is 5.69. The van der Waals surface area contributed by atoms with E-state index < -0.39 is 0 Å². The summed E-state index contributed by atoms with van der Waals surface area (Å²) in [7, 11) is 0. The van der Waals surface area contributed by atoms with Crippen LogP contribution in [0.15, 0.2) is 11.6 Å². The van der Waals surface area contributed by atoms with Gasteiger partial charge >= 0.3 is 5.97 Å². The van der Waals surface area contributed by atoms with Gasteiger partial charge in [-0.05, 0) is 37.2 Å². The second-order valence-electron chi connectivity index (χ2n) is 5.50. The molecule has 0 heterocycles. The molecule has 0 aromatic rings. The normalized spacial score (nSPS) is 23.8. The number of carbonyl (C=O) groups is 1. The van der Waals surface area contributed by atoms with Crippen molar-refractivity contribution in [1.29, 1.82) is 0 Å². The molecular weight excluding hydrogens is 200 g/mol. The van der Waals surface area contributed by atoms with Gasteiger partial charge in [-0.2, -0.15) is 0 Å². The van der Waals surface area contributed by atoms with Crippen LogP contribution >= 0.6 is 0 Å². The first kappa shape index (κ1) is 13.3. The first-order valence-corrected chi connectivity index (χ1v) is 6.33. The molecule has 0 aromatic carbocycles. The summed E-state index contributed by atoms with van der Waals surface area (Å²) in [5.41, 5.74) is 1.47. The van der Waals surface area contributed by atoms with Crippen LogP contribution in [0.3, 0.4) is 0 Å². The Bertz CT molecular complexity index is 276. The smallest absolute Gasteiger partial charge is 0.306 e. The molecule has 1 aliphatic rings. The summed E-state index contributed by atoms with van der Waals surface area (Å²) in [6, 6.07) is 0. The number of ether oxygens (including phenoxy) is 1. The minimum atomic E-state index is -0.0423. The molecule has 16 heavy (non-hydrogen) atoms. The number of esters is 1. The lowest BCUT2D eigenvalue weighted by Gasteiger charge is -2.31. The van der Waals surface area contributed by atoms with Crippen LogP contribution in [-0.4, -0.2) is 12.1 Å². The summed E-state index contributed by atoms with van der Waals surface area (Å²) in [5.74, 6) is -0.0423. The minimum Gasteiger partial charge on any atom is -0.458 e. The van der Waals surface area contributed by atoms with E-state index >= 15 is 0 Å². The van der Waals surface area contributed by atoms with E-state index in [0.717, 1.165) is 25.7 Å². The van der Waals surface area contributed by atoms with E-state index in [-0.39, 0.29) is 17.5 Å². The SMILES string of the molecule is CCCCC(=O)OC1CCC(C)(C)C=C1C. The molecule has 0 amide bonds. The highest BCUT2D eigenvalue weighted by atomic mass is 16.5. The largest absolute Gasteiger partial charge is 0.458 e. The Morgan fingerprint density at radius 2 is 2.25 bits per heavy atom. The van der Waals surface area contributed by atoms with Crippen molar-refractivity contribution in [2.75, 3.05) is 0 Å². The molecule has 0 aliphatic heterocycles. The summed E-state index contributed by atoms with van der Waals surface area (Å²) in [4.78, 5) is 11.5. The Morgan fingerprint density at radius 3 is 2.81 bits per heavy atom. The van der Waals surface area contributed by atoms with Crippen molar-refractivity contribution in [1.82, 2.24) is 0 Å². The summed E-state index contributed by atoms with van der Waals surface area (Å²) < 4.78 is 5.49. The van der Waals surface area contributed by atoms with Crippen molar-refractivity contribution >= 4 is 5.97 Å². The molecule has 0 spiro atoms. The Labute approximate surface area is 99.1 Å². The van der Waals surface area contributed by atoms with Gasteiger partial charge in [-0.3, -0.25) is 4.79 Å². The molecule has 1 aliphatic carbocycles. The van der Waals surface area contributed by atoms with Crippen LogP contribution < -0.4 is 0 Å². The molecule has 1 rings (SSSR count). The van der Waals surface area contributed by atoms with E-state index in [4.69, 9.17) is 4.74 Å². The molecule has 0 saturated carbocycles. The summed E-state index contributed by atoms with van der Waals surface area (Å²) >= 11 is 0. The number of carbonyl (C=O) groups excluding carboxylic acids is 1. The highest BCUT2D eigenvalue weighted by Gasteiger charge is 2.27. The van der Waals surface area contributed by atoms with Gasteiger partial charge < -0.3 is 4.74 Å². The molecule has 0 aromatic heterocycles. The van der Waals surface area contributed by atoms with Gasteiger partial charge in [-0.15, -0.1) is 0 Å². The van der Waals surface area contributed by atoms with Gasteiger partial charge in [-0.25, -0.2) is 0 Å². The van der Waals surface area contributed by atoms with E-state index in [0.29, 0.717) is 6.42 Å². The molecule has 2 nitrogen and oxygen atoms in total. The van der Waals surface area contributed by atoms with Crippen LogP contribution in [-0.2, 0) is 9.53 Å². The highest BCUT2D eigenvalue weighted by Crippen LogP contribution is 2.34. The topological polar surface area (TPSA) is 26.3 Å². The fourth-order valence-corrected chi connectivity index (χ4v) is 2.20. The van der Waals surface area contributed by atoms with Gasteiger partial charge in [0.15, 0.2) is 0 Å². The van der Waals surface area contributed by atoms with Crippen LogP contribution in [0, 0.1) is 5.41 Å². The number of unbranched alkanes of at least 4 members (excludes halogenated alkanes) is 1. The molecule has 2 heteroatoms. The first-order valence-electron chi connectivity index (χ1n) is 6.33. The van der Waals surface area contributed by atoms with Crippen molar-refractivity contribution in [3.8, 4) is 0 Å². The predicted octanol–water partition coefficient (Wildman–Crippen LogP) is 3.85. The fourth-order valence-electron chi connectivity index (χ4n) is 2.20. The lowest BCUT2D eigenvalue weighted by Crippen LogP contribution is -2.27. The predicted molar refractivity (Wildman–Crippen MR) is 66.2 cm³/mol. The van der Waals surface area contributed by atoms with E-state index in [1.807, 2.05) is 0 Å². The number of allylic oxidation sites excluding steroid dienone is 1. The van der Waals surface area contributed by atoms with Crippen LogP contribution in [0.5, 0.6) is 0 Å². The van der Waals surface area contributed by atoms with E-state index in [9.17, 15) is 4.79 Å².